The van der Waals surface area contributed by atoms with Crippen LogP contribution in [-0.2, 0) is 4.74 Å². The van der Waals surface area contributed by atoms with Crippen LogP contribution in [0.25, 0.3) is 0 Å². The van der Waals surface area contributed by atoms with Crippen molar-refractivity contribution < 1.29 is 14.3 Å². The minimum atomic E-state index is -0.611. The maximum atomic E-state index is 11.1. The van der Waals surface area contributed by atoms with Gasteiger partial charge in [-0.2, -0.15) is 0 Å². The zero-order chi connectivity index (χ0) is 10.7. The molecule has 0 aromatic carbocycles. The Morgan fingerprint density at radius 2 is 1.93 bits per heavy atom. The number of carbonyl (C=O) groups excluding carboxylic acids is 2. The van der Waals surface area contributed by atoms with E-state index >= 15 is 0 Å². The van der Waals surface area contributed by atoms with Crippen LogP contribution < -0.4 is 5.73 Å². The Hall–Kier alpha value is -1.91. The number of ether oxygens (including phenoxy) is 1. The van der Waals surface area contributed by atoms with Crippen LogP contribution in [0.15, 0.2) is 12.1 Å². The van der Waals surface area contributed by atoms with Crippen molar-refractivity contribution in [3.05, 3.63) is 23.5 Å². The average Bonchev–Trinajstić information content (AvgIpc) is 2.15. The SMILES string of the molecule is COC(=O)c1cc(N)cc(C(C)=O)n1. The highest BCUT2D eigenvalue weighted by molar-refractivity contribution is 5.95. The number of ketones is 1. The molecule has 0 unspecified atom stereocenters. The van der Waals surface area contributed by atoms with E-state index in [9.17, 15) is 9.59 Å². The molecule has 0 radical (unpaired) electrons. The van der Waals surface area contributed by atoms with Gasteiger partial charge in [0.05, 0.1) is 7.11 Å². The minimum Gasteiger partial charge on any atom is -0.464 e. The van der Waals surface area contributed by atoms with Gasteiger partial charge >= 0.3 is 5.97 Å². The molecule has 0 atom stereocenters. The van der Waals surface area contributed by atoms with Gasteiger partial charge in [-0.3, -0.25) is 4.79 Å². The lowest BCUT2D eigenvalue weighted by molar-refractivity contribution is 0.0594. The fraction of sp³-hybridized carbons (Fsp3) is 0.222. The van der Waals surface area contributed by atoms with Crippen LogP contribution in [0.2, 0.25) is 0 Å². The molecule has 0 aliphatic rings. The summed E-state index contributed by atoms with van der Waals surface area (Å²) in [5, 5.41) is 0. The largest absolute Gasteiger partial charge is 0.464 e. The van der Waals surface area contributed by atoms with Crippen LogP contribution in [-0.4, -0.2) is 23.8 Å². The summed E-state index contributed by atoms with van der Waals surface area (Å²) >= 11 is 0. The molecule has 0 fully saturated rings. The summed E-state index contributed by atoms with van der Waals surface area (Å²) in [6.45, 7) is 1.35. The molecule has 0 saturated carbocycles. The quantitative estimate of drug-likeness (QED) is 0.552. The second kappa shape index (κ2) is 3.87. The molecule has 0 saturated heterocycles. The van der Waals surface area contributed by atoms with Gasteiger partial charge in [0.2, 0.25) is 0 Å². The van der Waals surface area contributed by atoms with E-state index in [1.54, 1.807) is 0 Å². The number of pyridine rings is 1. The molecule has 2 N–H and O–H groups in total. The van der Waals surface area contributed by atoms with Gasteiger partial charge in [0.25, 0.3) is 0 Å². The number of nitrogens with zero attached hydrogens (tertiary/aromatic N) is 1. The molecule has 14 heavy (non-hydrogen) atoms. The summed E-state index contributed by atoms with van der Waals surface area (Å²) in [6.07, 6.45) is 0. The molecule has 1 heterocycles. The molecule has 5 heteroatoms. The Morgan fingerprint density at radius 3 is 2.43 bits per heavy atom. The highest BCUT2D eigenvalue weighted by Gasteiger charge is 2.11. The van der Waals surface area contributed by atoms with Gasteiger partial charge in [0, 0.05) is 12.6 Å². The molecule has 5 nitrogen and oxygen atoms in total. The highest BCUT2D eigenvalue weighted by Crippen LogP contribution is 2.09. The molecule has 1 rings (SSSR count). The number of rotatable bonds is 2. The van der Waals surface area contributed by atoms with Crippen molar-refractivity contribution in [1.82, 2.24) is 4.98 Å². The molecule has 1 aromatic heterocycles. The maximum absolute atomic E-state index is 11.1. The third-order valence-corrected chi connectivity index (χ3v) is 1.60. The number of nitrogen functional groups attached to an aromatic ring is 1. The third kappa shape index (κ3) is 2.07. The Bertz CT molecular complexity index is 388. The van der Waals surface area contributed by atoms with E-state index in [1.807, 2.05) is 0 Å². The van der Waals surface area contributed by atoms with E-state index in [4.69, 9.17) is 5.73 Å². The van der Waals surface area contributed by atoms with E-state index < -0.39 is 5.97 Å². The number of esters is 1. The number of anilines is 1. The lowest BCUT2D eigenvalue weighted by atomic mass is 10.2. The number of hydrogen-bond donors (Lipinski definition) is 1. The minimum absolute atomic E-state index is 0.0395. The smallest absolute Gasteiger partial charge is 0.356 e. The fourth-order valence-corrected chi connectivity index (χ4v) is 0.941. The molecular weight excluding hydrogens is 184 g/mol. The zero-order valence-electron chi connectivity index (χ0n) is 7.90. The summed E-state index contributed by atoms with van der Waals surface area (Å²) in [6, 6.07) is 2.77. The van der Waals surface area contributed by atoms with Crippen LogP contribution in [0.4, 0.5) is 5.69 Å². The fourth-order valence-electron chi connectivity index (χ4n) is 0.941. The number of carbonyl (C=O) groups is 2. The second-order valence-electron chi connectivity index (χ2n) is 2.72. The van der Waals surface area contributed by atoms with Crippen molar-refractivity contribution in [2.75, 3.05) is 12.8 Å². The number of Topliss-reactive ketones (excluding diaryl/α,β-unsaturated/α-hetero) is 1. The highest BCUT2D eigenvalue weighted by atomic mass is 16.5. The molecule has 0 amide bonds. The third-order valence-electron chi connectivity index (χ3n) is 1.60. The van der Waals surface area contributed by atoms with Gasteiger partial charge in [0.15, 0.2) is 11.5 Å². The van der Waals surface area contributed by atoms with E-state index in [0.717, 1.165) is 0 Å². The first-order chi connectivity index (χ1) is 6.54. The zero-order valence-corrected chi connectivity index (χ0v) is 7.90. The Morgan fingerprint density at radius 1 is 1.36 bits per heavy atom. The molecule has 0 bridgehead atoms. The van der Waals surface area contributed by atoms with E-state index in [1.165, 1.54) is 26.2 Å². The maximum Gasteiger partial charge on any atom is 0.356 e. The van der Waals surface area contributed by atoms with Crippen molar-refractivity contribution in [2.45, 2.75) is 6.92 Å². The summed E-state index contributed by atoms with van der Waals surface area (Å²) in [7, 11) is 1.24. The lowest BCUT2D eigenvalue weighted by Gasteiger charge is -2.02. The van der Waals surface area contributed by atoms with Crippen LogP contribution in [0.1, 0.15) is 27.9 Å². The van der Waals surface area contributed by atoms with E-state index in [-0.39, 0.29) is 17.2 Å². The predicted molar refractivity (Wildman–Crippen MR) is 50.0 cm³/mol. The van der Waals surface area contributed by atoms with Crippen LogP contribution in [0, 0.1) is 0 Å². The molecule has 74 valence electrons. The van der Waals surface area contributed by atoms with Crippen LogP contribution in [0.5, 0.6) is 0 Å². The Balaban J connectivity index is 3.20. The van der Waals surface area contributed by atoms with Crippen molar-refractivity contribution in [3.8, 4) is 0 Å². The molecule has 0 aliphatic carbocycles. The van der Waals surface area contributed by atoms with Crippen LogP contribution >= 0.6 is 0 Å². The normalized spacial score (nSPS) is 9.57. The molecule has 0 spiro atoms. The summed E-state index contributed by atoms with van der Waals surface area (Å²) in [4.78, 5) is 25.9. The number of methoxy groups -OCH3 is 1. The van der Waals surface area contributed by atoms with Gasteiger partial charge in [-0.15, -0.1) is 0 Å². The summed E-state index contributed by atoms with van der Waals surface area (Å²) in [5.41, 5.74) is 6.00. The first-order valence-corrected chi connectivity index (χ1v) is 3.91. The number of nitrogens with two attached hydrogens (primary N) is 1. The molecule has 1 aromatic rings. The van der Waals surface area contributed by atoms with Gasteiger partial charge in [-0.05, 0) is 12.1 Å². The first kappa shape index (κ1) is 10.2. The topological polar surface area (TPSA) is 82.3 Å². The van der Waals surface area contributed by atoms with Gasteiger partial charge in [-0.1, -0.05) is 0 Å². The summed E-state index contributed by atoms with van der Waals surface area (Å²) < 4.78 is 4.46. The molecule has 0 aliphatic heterocycles. The van der Waals surface area contributed by atoms with Gasteiger partial charge in [0.1, 0.15) is 5.69 Å². The standard InChI is InChI=1S/C9H10N2O3/c1-5(12)7-3-6(10)4-8(11-7)9(13)14-2/h3-4H,1-2H3,(H2,10,11). The Labute approximate surface area is 80.9 Å². The van der Waals surface area contributed by atoms with Crippen molar-refractivity contribution >= 4 is 17.4 Å². The van der Waals surface area contributed by atoms with Crippen molar-refractivity contribution in [1.29, 1.82) is 0 Å². The van der Waals surface area contributed by atoms with Crippen molar-refractivity contribution in [2.24, 2.45) is 0 Å². The summed E-state index contributed by atoms with van der Waals surface area (Å²) in [5.74, 6) is -0.859. The number of hydrogen-bond acceptors (Lipinski definition) is 5. The van der Waals surface area contributed by atoms with Gasteiger partial charge in [-0.25, -0.2) is 9.78 Å². The molecular formula is C9H10N2O3. The lowest BCUT2D eigenvalue weighted by Crippen LogP contribution is -2.09. The van der Waals surface area contributed by atoms with E-state index in [2.05, 4.69) is 9.72 Å². The van der Waals surface area contributed by atoms with Gasteiger partial charge < -0.3 is 10.5 Å². The van der Waals surface area contributed by atoms with E-state index in [0.29, 0.717) is 5.69 Å². The monoisotopic (exact) mass is 194 g/mol. The predicted octanol–water partition coefficient (Wildman–Crippen LogP) is 0.653. The Kier molecular flexibility index (Phi) is 2.81. The van der Waals surface area contributed by atoms with Crippen LogP contribution in [0.3, 0.4) is 0 Å². The second-order valence-corrected chi connectivity index (χ2v) is 2.72. The number of aromatic nitrogens is 1. The average molecular weight is 194 g/mol. The first-order valence-electron chi connectivity index (χ1n) is 3.91. The van der Waals surface area contributed by atoms with Crippen molar-refractivity contribution in [3.63, 3.8) is 0 Å².